The van der Waals surface area contributed by atoms with Crippen LogP contribution in [0.1, 0.15) is 44.3 Å². The van der Waals surface area contributed by atoms with Gasteiger partial charge in [0.05, 0.1) is 25.1 Å². The Kier molecular flexibility index (Phi) is 3.10. The van der Waals surface area contributed by atoms with Crippen LogP contribution in [-0.4, -0.2) is 29.3 Å². The van der Waals surface area contributed by atoms with Gasteiger partial charge in [0, 0.05) is 16.4 Å². The van der Waals surface area contributed by atoms with Crippen molar-refractivity contribution in [3.8, 4) is 0 Å². The maximum Gasteiger partial charge on any atom is 0.339 e. The fourth-order valence-electron chi connectivity index (χ4n) is 5.95. The van der Waals surface area contributed by atoms with Crippen LogP contribution in [0.2, 0.25) is 0 Å². The molecule has 1 N–H and O–H groups in total. The molecule has 1 aromatic heterocycles. The molecular formula is C20H22O6. The molecule has 1 spiro atoms. The molecule has 5 rings (SSSR count). The SMILES string of the molecule is C[C@]12C[C@H](c3ccoc3)OC(=O)[C@@]1(O)CC[C@@]13COC(=O)[C@H]1CC=C[C@H]32. The van der Waals surface area contributed by atoms with Gasteiger partial charge >= 0.3 is 11.9 Å². The quantitative estimate of drug-likeness (QED) is 0.613. The molecule has 3 fully saturated rings. The molecule has 138 valence electrons. The minimum Gasteiger partial charge on any atom is -0.472 e. The van der Waals surface area contributed by atoms with Crippen LogP contribution in [0.15, 0.2) is 35.2 Å². The van der Waals surface area contributed by atoms with Crippen LogP contribution in [0.25, 0.3) is 0 Å². The second-order valence-corrected chi connectivity index (χ2v) is 8.47. The van der Waals surface area contributed by atoms with Gasteiger partial charge in [-0.15, -0.1) is 0 Å². The summed E-state index contributed by atoms with van der Waals surface area (Å²) in [5, 5.41) is 11.4. The molecule has 6 nitrogen and oxygen atoms in total. The van der Waals surface area contributed by atoms with Crippen LogP contribution < -0.4 is 0 Å². The zero-order valence-electron chi connectivity index (χ0n) is 14.6. The minimum atomic E-state index is -1.55. The fraction of sp³-hybridized carbons (Fsp3) is 0.600. The summed E-state index contributed by atoms with van der Waals surface area (Å²) in [6, 6.07) is 1.78. The normalized spacial score (nSPS) is 46.8. The third-order valence-electron chi connectivity index (χ3n) is 7.48. The molecule has 6 heteroatoms. The van der Waals surface area contributed by atoms with E-state index in [1.165, 1.54) is 0 Å². The lowest BCUT2D eigenvalue weighted by Gasteiger charge is -2.61. The Bertz CT molecular complexity index is 797. The molecular weight excluding hydrogens is 336 g/mol. The van der Waals surface area contributed by atoms with E-state index in [0.717, 1.165) is 5.56 Å². The predicted molar refractivity (Wildman–Crippen MR) is 88.6 cm³/mol. The number of hydrogen-bond acceptors (Lipinski definition) is 6. The van der Waals surface area contributed by atoms with Crippen LogP contribution in [0.5, 0.6) is 0 Å². The lowest BCUT2D eigenvalue weighted by Crippen LogP contribution is -2.67. The van der Waals surface area contributed by atoms with Crippen molar-refractivity contribution in [1.29, 1.82) is 0 Å². The number of furan rings is 1. The topological polar surface area (TPSA) is 86.0 Å². The first-order valence-corrected chi connectivity index (χ1v) is 9.20. The van der Waals surface area contributed by atoms with E-state index in [2.05, 4.69) is 6.08 Å². The van der Waals surface area contributed by atoms with Crippen LogP contribution in [0.3, 0.4) is 0 Å². The van der Waals surface area contributed by atoms with E-state index in [9.17, 15) is 14.7 Å². The van der Waals surface area contributed by atoms with E-state index in [4.69, 9.17) is 13.9 Å². The second kappa shape index (κ2) is 5.00. The first kappa shape index (κ1) is 16.1. The number of ether oxygens (including phenoxy) is 2. The first-order chi connectivity index (χ1) is 12.4. The van der Waals surface area contributed by atoms with Crippen molar-refractivity contribution in [3.63, 3.8) is 0 Å². The van der Waals surface area contributed by atoms with Crippen LogP contribution in [0.4, 0.5) is 0 Å². The molecule has 4 aliphatic rings. The highest BCUT2D eigenvalue weighted by Gasteiger charge is 2.71. The molecule has 1 saturated carbocycles. The van der Waals surface area contributed by atoms with E-state index in [1.54, 1.807) is 18.6 Å². The highest BCUT2D eigenvalue weighted by molar-refractivity contribution is 5.83. The van der Waals surface area contributed by atoms with Crippen molar-refractivity contribution in [2.45, 2.75) is 44.3 Å². The number of aliphatic hydroxyl groups is 1. The lowest BCUT2D eigenvalue weighted by atomic mass is 9.44. The Morgan fingerprint density at radius 2 is 2.12 bits per heavy atom. The molecule has 0 radical (unpaired) electrons. The highest BCUT2D eigenvalue weighted by Crippen LogP contribution is 2.67. The van der Waals surface area contributed by atoms with Gasteiger partial charge in [-0.2, -0.15) is 0 Å². The summed E-state index contributed by atoms with van der Waals surface area (Å²) >= 11 is 0. The van der Waals surface area contributed by atoms with Crippen molar-refractivity contribution in [3.05, 3.63) is 36.3 Å². The Morgan fingerprint density at radius 1 is 1.27 bits per heavy atom. The average molecular weight is 358 g/mol. The van der Waals surface area contributed by atoms with E-state index >= 15 is 0 Å². The van der Waals surface area contributed by atoms with Gasteiger partial charge in [0.1, 0.15) is 6.10 Å². The number of allylic oxidation sites excluding steroid dienone is 2. The van der Waals surface area contributed by atoms with Gasteiger partial charge in [0.15, 0.2) is 5.60 Å². The third-order valence-corrected chi connectivity index (χ3v) is 7.48. The summed E-state index contributed by atoms with van der Waals surface area (Å²) < 4.78 is 16.2. The molecule has 0 bridgehead atoms. The van der Waals surface area contributed by atoms with Gasteiger partial charge in [0.25, 0.3) is 0 Å². The van der Waals surface area contributed by atoms with Crippen molar-refractivity contribution < 1.29 is 28.6 Å². The minimum absolute atomic E-state index is 0.124. The molecule has 26 heavy (non-hydrogen) atoms. The summed E-state index contributed by atoms with van der Waals surface area (Å²) in [6.07, 6.45) is 8.77. The molecule has 0 aromatic carbocycles. The monoisotopic (exact) mass is 358 g/mol. The summed E-state index contributed by atoms with van der Waals surface area (Å²) in [4.78, 5) is 25.2. The number of hydrogen-bond donors (Lipinski definition) is 1. The summed E-state index contributed by atoms with van der Waals surface area (Å²) in [6.45, 7) is 2.32. The summed E-state index contributed by atoms with van der Waals surface area (Å²) in [5.41, 5.74) is -1.85. The first-order valence-electron chi connectivity index (χ1n) is 9.20. The number of carbonyl (C=O) groups is 2. The predicted octanol–water partition coefficient (Wildman–Crippen LogP) is 2.53. The Labute approximate surface area is 151 Å². The average Bonchev–Trinajstić information content (AvgIpc) is 3.26. The molecule has 2 aliphatic heterocycles. The van der Waals surface area contributed by atoms with E-state index in [-0.39, 0.29) is 29.6 Å². The van der Waals surface area contributed by atoms with Gasteiger partial charge in [-0.1, -0.05) is 19.1 Å². The van der Waals surface area contributed by atoms with Crippen LogP contribution >= 0.6 is 0 Å². The van der Waals surface area contributed by atoms with E-state index in [0.29, 0.717) is 25.9 Å². The van der Waals surface area contributed by atoms with Crippen LogP contribution in [0, 0.1) is 22.7 Å². The number of esters is 2. The van der Waals surface area contributed by atoms with Crippen molar-refractivity contribution in [1.82, 2.24) is 0 Å². The zero-order valence-corrected chi connectivity index (χ0v) is 14.6. The number of rotatable bonds is 1. The zero-order chi connectivity index (χ0) is 18.2. The highest BCUT2D eigenvalue weighted by atomic mass is 16.6. The molecule has 3 heterocycles. The van der Waals surface area contributed by atoms with Gasteiger partial charge < -0.3 is 19.0 Å². The third kappa shape index (κ3) is 1.76. The summed E-state index contributed by atoms with van der Waals surface area (Å²) in [7, 11) is 0. The Balaban J connectivity index is 1.62. The molecule has 0 unspecified atom stereocenters. The van der Waals surface area contributed by atoms with Gasteiger partial charge in [-0.3, -0.25) is 4.79 Å². The van der Waals surface area contributed by atoms with Crippen molar-refractivity contribution in [2.75, 3.05) is 6.61 Å². The maximum absolute atomic E-state index is 12.9. The van der Waals surface area contributed by atoms with Gasteiger partial charge in [-0.25, -0.2) is 4.79 Å². The molecule has 1 aromatic rings. The van der Waals surface area contributed by atoms with Gasteiger partial charge in [0.2, 0.25) is 0 Å². The number of carbonyl (C=O) groups excluding carboxylic acids is 2. The Morgan fingerprint density at radius 3 is 2.88 bits per heavy atom. The van der Waals surface area contributed by atoms with Crippen LogP contribution in [-0.2, 0) is 19.1 Å². The molecule has 6 atom stereocenters. The van der Waals surface area contributed by atoms with Crippen molar-refractivity contribution in [2.24, 2.45) is 22.7 Å². The smallest absolute Gasteiger partial charge is 0.339 e. The second-order valence-electron chi connectivity index (χ2n) is 8.47. The fourth-order valence-corrected chi connectivity index (χ4v) is 5.95. The standard InChI is InChI=1S/C20H22O6/c1-18-9-14(12-5-8-24-10-12)26-17(22)20(18,23)7-6-19-11-25-16(21)13(19)3-2-4-15(18)19/h2,4-5,8,10,13-15,23H,3,6-7,9,11H2,1H3/t13-,14-,15+,18-,19-,20+/m1/s1. The number of cyclic esters (lactones) is 2. The van der Waals surface area contributed by atoms with Crippen molar-refractivity contribution >= 4 is 11.9 Å². The molecule has 0 amide bonds. The van der Waals surface area contributed by atoms with E-state index in [1.807, 2.05) is 13.0 Å². The van der Waals surface area contributed by atoms with Gasteiger partial charge in [-0.05, 0) is 37.7 Å². The largest absolute Gasteiger partial charge is 0.472 e. The van der Waals surface area contributed by atoms with E-state index < -0.39 is 23.1 Å². The lowest BCUT2D eigenvalue weighted by molar-refractivity contribution is -0.242. The number of fused-ring (bicyclic) bond motifs is 2. The maximum atomic E-state index is 12.9. The molecule has 2 aliphatic carbocycles. The molecule has 2 saturated heterocycles. The summed E-state index contributed by atoms with van der Waals surface area (Å²) in [5.74, 6) is -1.04. The Hall–Kier alpha value is -2.08.